The van der Waals surface area contributed by atoms with Gasteiger partial charge in [-0.05, 0) is 17.4 Å². The van der Waals surface area contributed by atoms with Crippen molar-refractivity contribution in [2.24, 2.45) is 11.3 Å². The Morgan fingerprint density at radius 2 is 1.95 bits per heavy atom. The van der Waals surface area contributed by atoms with E-state index in [2.05, 4.69) is 32.9 Å². The molecule has 0 aliphatic carbocycles. The zero-order valence-corrected chi connectivity index (χ0v) is 13.4. The highest BCUT2D eigenvalue weighted by Crippen LogP contribution is 2.38. The smallest absolute Gasteiger partial charge is 0.175 e. The van der Waals surface area contributed by atoms with Gasteiger partial charge in [0.25, 0.3) is 0 Å². The summed E-state index contributed by atoms with van der Waals surface area (Å²) in [7, 11) is 1.65. The van der Waals surface area contributed by atoms with Crippen molar-refractivity contribution in [2.45, 2.75) is 34.1 Å². The maximum Gasteiger partial charge on any atom is 0.175 e. The Morgan fingerprint density at radius 1 is 1.29 bits per heavy atom. The molecule has 114 valence electrons. The van der Waals surface area contributed by atoms with Crippen molar-refractivity contribution in [2.75, 3.05) is 12.8 Å². The fourth-order valence-corrected chi connectivity index (χ4v) is 2.20. The standard InChI is InChI=1S/C17H24N2O2/c1-11(17(2,3)4)10-14-15(16(18)19-21-14)12-8-6-7-9-13(12)20-5/h6-9,11H,10H2,1-5H3,(H2,18,19). The summed E-state index contributed by atoms with van der Waals surface area (Å²) in [6.45, 7) is 8.88. The van der Waals surface area contributed by atoms with Gasteiger partial charge in [0, 0.05) is 12.0 Å². The molecule has 21 heavy (non-hydrogen) atoms. The zero-order valence-electron chi connectivity index (χ0n) is 13.4. The fraction of sp³-hybridized carbons (Fsp3) is 0.471. The number of hydrogen-bond acceptors (Lipinski definition) is 4. The molecule has 1 aromatic heterocycles. The van der Waals surface area contributed by atoms with Gasteiger partial charge in [0.15, 0.2) is 5.82 Å². The Kier molecular flexibility index (Phi) is 4.26. The van der Waals surface area contributed by atoms with Crippen LogP contribution in [0.1, 0.15) is 33.5 Å². The van der Waals surface area contributed by atoms with E-state index in [9.17, 15) is 0 Å². The number of aromatic nitrogens is 1. The summed E-state index contributed by atoms with van der Waals surface area (Å²) in [5, 5.41) is 3.95. The molecule has 0 saturated carbocycles. The van der Waals surface area contributed by atoms with E-state index >= 15 is 0 Å². The number of rotatable bonds is 4. The second-order valence-electron chi connectivity index (χ2n) is 6.54. The number of hydrogen-bond donors (Lipinski definition) is 1. The molecule has 1 heterocycles. The van der Waals surface area contributed by atoms with E-state index < -0.39 is 0 Å². The van der Waals surface area contributed by atoms with Crippen LogP contribution >= 0.6 is 0 Å². The number of benzene rings is 1. The molecule has 0 aliphatic heterocycles. The lowest BCUT2D eigenvalue weighted by Gasteiger charge is -2.26. The van der Waals surface area contributed by atoms with Gasteiger partial charge in [0.05, 0.1) is 12.7 Å². The summed E-state index contributed by atoms with van der Waals surface area (Å²) in [6.07, 6.45) is 0.793. The van der Waals surface area contributed by atoms with Crippen LogP contribution in [-0.2, 0) is 6.42 Å². The molecule has 2 N–H and O–H groups in total. The van der Waals surface area contributed by atoms with Crippen LogP contribution in [0.3, 0.4) is 0 Å². The number of ether oxygens (including phenoxy) is 1. The van der Waals surface area contributed by atoms with E-state index in [1.807, 2.05) is 24.3 Å². The van der Waals surface area contributed by atoms with Crippen molar-refractivity contribution in [1.29, 1.82) is 0 Å². The van der Waals surface area contributed by atoms with Crippen molar-refractivity contribution < 1.29 is 9.26 Å². The molecule has 0 fully saturated rings. The molecule has 0 spiro atoms. The molecule has 4 nitrogen and oxygen atoms in total. The third kappa shape index (κ3) is 3.20. The maximum absolute atomic E-state index is 6.02. The van der Waals surface area contributed by atoms with Crippen LogP contribution in [0, 0.1) is 11.3 Å². The van der Waals surface area contributed by atoms with Crippen LogP contribution in [0.5, 0.6) is 5.75 Å². The van der Waals surface area contributed by atoms with Crippen molar-refractivity contribution >= 4 is 5.82 Å². The number of para-hydroxylation sites is 1. The lowest BCUT2D eigenvalue weighted by Crippen LogP contribution is -2.19. The van der Waals surface area contributed by atoms with Gasteiger partial charge in [0.1, 0.15) is 11.5 Å². The van der Waals surface area contributed by atoms with Crippen LogP contribution in [-0.4, -0.2) is 12.3 Å². The first-order valence-corrected chi connectivity index (χ1v) is 7.22. The zero-order chi connectivity index (χ0) is 15.6. The summed E-state index contributed by atoms with van der Waals surface area (Å²) in [5.74, 6) is 2.45. The van der Waals surface area contributed by atoms with Gasteiger partial charge in [-0.25, -0.2) is 0 Å². The minimum atomic E-state index is 0.194. The van der Waals surface area contributed by atoms with Gasteiger partial charge in [-0.2, -0.15) is 0 Å². The quantitative estimate of drug-likeness (QED) is 0.917. The van der Waals surface area contributed by atoms with Crippen molar-refractivity contribution in [3.8, 4) is 16.9 Å². The lowest BCUT2D eigenvalue weighted by atomic mass is 9.79. The molecule has 0 saturated heterocycles. The average molecular weight is 288 g/mol. The van der Waals surface area contributed by atoms with Crippen molar-refractivity contribution in [1.82, 2.24) is 5.16 Å². The molecule has 2 rings (SSSR count). The van der Waals surface area contributed by atoms with Gasteiger partial charge < -0.3 is 15.0 Å². The molecule has 0 bridgehead atoms. The van der Waals surface area contributed by atoms with E-state index in [0.29, 0.717) is 11.7 Å². The van der Waals surface area contributed by atoms with E-state index in [1.165, 1.54) is 0 Å². The summed E-state index contributed by atoms with van der Waals surface area (Å²) in [6, 6.07) is 7.79. The topological polar surface area (TPSA) is 61.3 Å². The molecule has 0 aliphatic rings. The first-order valence-electron chi connectivity index (χ1n) is 7.22. The van der Waals surface area contributed by atoms with Gasteiger partial charge in [-0.1, -0.05) is 51.1 Å². The first kappa shape index (κ1) is 15.4. The highest BCUT2D eigenvalue weighted by atomic mass is 16.5. The molecule has 1 atom stereocenters. The molecule has 4 heteroatoms. The second kappa shape index (κ2) is 5.80. The van der Waals surface area contributed by atoms with E-state index in [1.54, 1.807) is 7.11 Å². The van der Waals surface area contributed by atoms with Gasteiger partial charge in [0.2, 0.25) is 0 Å². The number of nitrogens with two attached hydrogens (primary N) is 1. The molecule has 1 aromatic carbocycles. The lowest BCUT2D eigenvalue weighted by molar-refractivity contribution is 0.240. The second-order valence-corrected chi connectivity index (χ2v) is 6.54. The number of methoxy groups -OCH3 is 1. The molecule has 0 amide bonds. The third-order valence-electron chi connectivity index (χ3n) is 4.14. The molecule has 1 unspecified atom stereocenters. The minimum absolute atomic E-state index is 0.194. The van der Waals surface area contributed by atoms with Crippen molar-refractivity contribution in [3.05, 3.63) is 30.0 Å². The molecule has 2 aromatic rings. The van der Waals surface area contributed by atoms with E-state index in [-0.39, 0.29) is 5.41 Å². The normalized spacial score (nSPS) is 13.2. The fourth-order valence-electron chi connectivity index (χ4n) is 2.20. The van der Waals surface area contributed by atoms with Gasteiger partial charge >= 0.3 is 0 Å². The Balaban J connectivity index is 2.43. The molecular formula is C17H24N2O2. The highest BCUT2D eigenvalue weighted by molar-refractivity contribution is 5.80. The molecular weight excluding hydrogens is 264 g/mol. The van der Waals surface area contributed by atoms with Crippen LogP contribution in [0.25, 0.3) is 11.1 Å². The van der Waals surface area contributed by atoms with Gasteiger partial charge in [-0.3, -0.25) is 0 Å². The first-order chi connectivity index (χ1) is 9.84. The van der Waals surface area contributed by atoms with Gasteiger partial charge in [-0.15, -0.1) is 0 Å². The summed E-state index contributed by atoms with van der Waals surface area (Å²) in [5.41, 5.74) is 7.99. The molecule has 0 radical (unpaired) electrons. The Bertz CT molecular complexity index is 611. The summed E-state index contributed by atoms with van der Waals surface area (Å²) in [4.78, 5) is 0. The van der Waals surface area contributed by atoms with E-state index in [4.69, 9.17) is 15.0 Å². The Labute approximate surface area is 126 Å². The summed E-state index contributed by atoms with van der Waals surface area (Å²) < 4.78 is 10.9. The van der Waals surface area contributed by atoms with Crippen LogP contribution in [0.2, 0.25) is 0 Å². The summed E-state index contributed by atoms with van der Waals surface area (Å²) >= 11 is 0. The number of anilines is 1. The monoisotopic (exact) mass is 288 g/mol. The van der Waals surface area contributed by atoms with Crippen LogP contribution in [0.15, 0.2) is 28.8 Å². The van der Waals surface area contributed by atoms with Crippen LogP contribution < -0.4 is 10.5 Å². The largest absolute Gasteiger partial charge is 0.496 e. The predicted octanol–water partition coefficient (Wildman–Crippen LogP) is 4.16. The Hall–Kier alpha value is -1.97. The number of nitrogens with zero attached hydrogens (tertiary/aromatic N) is 1. The van der Waals surface area contributed by atoms with E-state index in [0.717, 1.165) is 29.1 Å². The Morgan fingerprint density at radius 3 is 2.57 bits per heavy atom. The van der Waals surface area contributed by atoms with Crippen LogP contribution in [0.4, 0.5) is 5.82 Å². The minimum Gasteiger partial charge on any atom is -0.496 e. The SMILES string of the molecule is COc1ccccc1-c1c(N)noc1CC(C)C(C)(C)C. The third-order valence-corrected chi connectivity index (χ3v) is 4.14. The highest BCUT2D eigenvalue weighted by Gasteiger charge is 2.26. The maximum atomic E-state index is 6.02. The average Bonchev–Trinajstić information content (AvgIpc) is 2.78. The predicted molar refractivity (Wildman–Crippen MR) is 85.2 cm³/mol. The van der Waals surface area contributed by atoms with Crippen molar-refractivity contribution in [3.63, 3.8) is 0 Å². The number of nitrogen functional groups attached to an aromatic ring is 1.